The molecule has 4 heterocycles. The van der Waals surface area contributed by atoms with E-state index in [0.717, 1.165) is 42.9 Å². The number of rotatable bonds is 5. The van der Waals surface area contributed by atoms with Crippen LogP contribution in [0.5, 0.6) is 0 Å². The number of carbonyl (C=O) groups is 1. The number of hydrogen-bond donors (Lipinski definition) is 0. The van der Waals surface area contributed by atoms with Crippen LogP contribution in [0.25, 0.3) is 17.0 Å². The molecule has 1 fully saturated rings. The fraction of sp³-hybridized carbons (Fsp3) is 0.292. The van der Waals surface area contributed by atoms with Gasteiger partial charge in [-0.05, 0) is 55.0 Å². The number of hydrogen-bond acceptors (Lipinski definition) is 6. The summed E-state index contributed by atoms with van der Waals surface area (Å²) >= 11 is 1.45. The van der Waals surface area contributed by atoms with Crippen molar-refractivity contribution in [2.75, 3.05) is 18.8 Å². The molecule has 7 nitrogen and oxygen atoms in total. The predicted octanol–water partition coefficient (Wildman–Crippen LogP) is 4.07. The van der Waals surface area contributed by atoms with Crippen LogP contribution in [0.3, 0.4) is 0 Å². The van der Waals surface area contributed by atoms with Crippen LogP contribution < -0.4 is 0 Å². The second kappa shape index (κ2) is 9.48. The lowest BCUT2D eigenvalue weighted by molar-refractivity contribution is -0.128. The lowest BCUT2D eigenvalue weighted by Crippen LogP contribution is -2.33. The summed E-state index contributed by atoms with van der Waals surface area (Å²) in [6, 6.07) is 18.2. The highest BCUT2D eigenvalue weighted by atomic mass is 32.2. The quantitative estimate of drug-likeness (QED) is 0.432. The summed E-state index contributed by atoms with van der Waals surface area (Å²) in [6.07, 6.45) is 6.64. The summed E-state index contributed by atoms with van der Waals surface area (Å²) in [5, 5.41) is 13.9. The number of benzene rings is 1. The highest BCUT2D eigenvalue weighted by molar-refractivity contribution is 7.99. The number of likely N-dealkylation sites (tertiary alicyclic amines) is 1. The van der Waals surface area contributed by atoms with Gasteiger partial charge in [-0.3, -0.25) is 9.78 Å². The van der Waals surface area contributed by atoms with E-state index in [1.165, 1.54) is 17.3 Å². The Kier molecular flexibility index (Phi) is 6.11. The van der Waals surface area contributed by atoms with E-state index < -0.39 is 0 Å². The monoisotopic (exact) mass is 444 g/mol. The number of amides is 1. The minimum atomic E-state index is 0.168. The second-order valence-electron chi connectivity index (χ2n) is 7.91. The molecule has 0 aliphatic carbocycles. The van der Waals surface area contributed by atoms with Crippen LogP contribution >= 0.6 is 11.8 Å². The van der Waals surface area contributed by atoms with Crippen LogP contribution in [0.4, 0.5) is 0 Å². The second-order valence-corrected chi connectivity index (χ2v) is 8.91. The number of carbonyl (C=O) groups excluding carboxylic acids is 1. The molecule has 1 saturated heterocycles. The Hall–Kier alpha value is -3.26. The highest BCUT2D eigenvalue weighted by Gasteiger charge is 2.22. The Labute approximate surface area is 190 Å². The van der Waals surface area contributed by atoms with E-state index in [1.807, 2.05) is 29.2 Å². The van der Waals surface area contributed by atoms with Gasteiger partial charge in [-0.2, -0.15) is 9.61 Å². The normalized spacial score (nSPS) is 16.8. The smallest absolute Gasteiger partial charge is 0.232 e. The first-order valence-electron chi connectivity index (χ1n) is 10.9. The van der Waals surface area contributed by atoms with Gasteiger partial charge in [0.1, 0.15) is 5.03 Å². The third kappa shape index (κ3) is 4.50. The van der Waals surface area contributed by atoms with Gasteiger partial charge in [0, 0.05) is 31.0 Å². The van der Waals surface area contributed by atoms with Crippen LogP contribution in [0.15, 0.2) is 72.0 Å². The fourth-order valence-corrected chi connectivity index (χ4v) is 4.91. The standard InChI is InChI=1S/C24H24N6OS/c31-23(29-14-5-9-19(12-15-29)18-6-2-1-3-7-18)17-32-22-11-10-21-26-27-24(30(21)28-22)20-8-4-13-25-16-20/h1-4,6-8,10-11,13,16,19H,5,9,12,14-15,17H2/t19-/m0/s1. The molecule has 1 amide bonds. The molecule has 1 aliphatic heterocycles. The van der Waals surface area contributed by atoms with Crippen molar-refractivity contribution in [1.82, 2.24) is 29.7 Å². The van der Waals surface area contributed by atoms with Gasteiger partial charge in [-0.1, -0.05) is 42.1 Å². The van der Waals surface area contributed by atoms with E-state index in [4.69, 9.17) is 0 Å². The summed E-state index contributed by atoms with van der Waals surface area (Å²) in [5.41, 5.74) is 2.90. The van der Waals surface area contributed by atoms with Gasteiger partial charge in [0.2, 0.25) is 5.91 Å². The molecule has 32 heavy (non-hydrogen) atoms. The Morgan fingerprint density at radius 1 is 1.00 bits per heavy atom. The molecule has 5 rings (SSSR count). The van der Waals surface area contributed by atoms with Gasteiger partial charge < -0.3 is 4.90 Å². The zero-order chi connectivity index (χ0) is 21.8. The molecule has 4 aromatic rings. The van der Waals surface area contributed by atoms with E-state index in [2.05, 4.69) is 50.6 Å². The van der Waals surface area contributed by atoms with Crippen LogP contribution in [0.2, 0.25) is 0 Å². The molecular formula is C24H24N6OS. The number of thioether (sulfide) groups is 1. The molecule has 1 atom stereocenters. The molecule has 1 aliphatic rings. The van der Waals surface area contributed by atoms with Crippen LogP contribution in [-0.2, 0) is 4.79 Å². The predicted molar refractivity (Wildman–Crippen MR) is 124 cm³/mol. The first-order valence-corrected chi connectivity index (χ1v) is 11.8. The lowest BCUT2D eigenvalue weighted by atomic mass is 9.92. The molecule has 1 aromatic carbocycles. The van der Waals surface area contributed by atoms with Crippen molar-refractivity contribution in [2.45, 2.75) is 30.2 Å². The minimum Gasteiger partial charge on any atom is -0.342 e. The Morgan fingerprint density at radius 3 is 2.75 bits per heavy atom. The van der Waals surface area contributed by atoms with Crippen molar-refractivity contribution in [3.63, 3.8) is 0 Å². The van der Waals surface area contributed by atoms with Gasteiger partial charge in [0.15, 0.2) is 11.5 Å². The van der Waals surface area contributed by atoms with Crippen molar-refractivity contribution < 1.29 is 4.79 Å². The summed E-state index contributed by atoms with van der Waals surface area (Å²) in [6.45, 7) is 1.63. The molecule has 0 unspecified atom stereocenters. The first kappa shape index (κ1) is 20.6. The van der Waals surface area contributed by atoms with E-state index in [1.54, 1.807) is 16.9 Å². The average Bonchev–Trinajstić information content (AvgIpc) is 3.11. The molecule has 3 aromatic heterocycles. The fourth-order valence-electron chi connectivity index (χ4n) is 4.16. The van der Waals surface area contributed by atoms with Crippen molar-refractivity contribution in [3.05, 3.63) is 72.6 Å². The van der Waals surface area contributed by atoms with Crippen molar-refractivity contribution >= 4 is 23.3 Å². The summed E-state index contributed by atoms with van der Waals surface area (Å²) in [5.74, 6) is 1.72. The first-order chi connectivity index (χ1) is 15.8. The maximum atomic E-state index is 12.9. The van der Waals surface area contributed by atoms with Crippen molar-refractivity contribution in [3.8, 4) is 11.4 Å². The third-order valence-corrected chi connectivity index (χ3v) is 6.76. The van der Waals surface area contributed by atoms with E-state index in [9.17, 15) is 4.79 Å². The van der Waals surface area contributed by atoms with Gasteiger partial charge in [-0.15, -0.1) is 10.2 Å². The van der Waals surface area contributed by atoms with E-state index >= 15 is 0 Å². The molecule has 0 radical (unpaired) electrons. The number of aromatic nitrogens is 5. The molecule has 8 heteroatoms. The zero-order valence-electron chi connectivity index (χ0n) is 17.7. The average molecular weight is 445 g/mol. The summed E-state index contributed by atoms with van der Waals surface area (Å²) in [4.78, 5) is 19.1. The van der Waals surface area contributed by atoms with E-state index in [-0.39, 0.29) is 5.91 Å². The zero-order valence-corrected chi connectivity index (χ0v) is 18.5. The van der Waals surface area contributed by atoms with Crippen molar-refractivity contribution in [1.29, 1.82) is 0 Å². The largest absolute Gasteiger partial charge is 0.342 e. The van der Waals surface area contributed by atoms with Gasteiger partial charge in [0.25, 0.3) is 0 Å². The summed E-state index contributed by atoms with van der Waals surface area (Å²) < 4.78 is 1.71. The number of pyridine rings is 1. The lowest BCUT2D eigenvalue weighted by Gasteiger charge is -2.20. The SMILES string of the molecule is O=C(CSc1ccc2nnc(-c3cccnc3)n2n1)N1CCC[C@H](c2ccccc2)CC1. The molecular weight excluding hydrogens is 420 g/mol. The topological polar surface area (TPSA) is 76.3 Å². The van der Waals surface area contributed by atoms with Crippen LogP contribution in [0, 0.1) is 0 Å². The number of nitrogens with zero attached hydrogens (tertiary/aromatic N) is 6. The Bertz CT molecular complexity index is 1200. The maximum Gasteiger partial charge on any atom is 0.232 e. The molecule has 162 valence electrons. The van der Waals surface area contributed by atoms with E-state index in [0.29, 0.717) is 23.1 Å². The van der Waals surface area contributed by atoms with Crippen LogP contribution in [0.1, 0.15) is 30.7 Å². The van der Waals surface area contributed by atoms with Gasteiger partial charge >= 0.3 is 0 Å². The summed E-state index contributed by atoms with van der Waals surface area (Å²) in [7, 11) is 0. The van der Waals surface area contributed by atoms with Gasteiger partial charge in [-0.25, -0.2) is 0 Å². The van der Waals surface area contributed by atoms with Crippen molar-refractivity contribution in [2.24, 2.45) is 0 Å². The highest BCUT2D eigenvalue weighted by Crippen LogP contribution is 2.28. The molecule has 0 bridgehead atoms. The maximum absolute atomic E-state index is 12.9. The van der Waals surface area contributed by atoms with Crippen LogP contribution in [-0.4, -0.2) is 54.4 Å². The third-order valence-electron chi connectivity index (χ3n) is 5.85. The Morgan fingerprint density at radius 2 is 1.91 bits per heavy atom. The molecule has 0 N–H and O–H groups in total. The van der Waals surface area contributed by atoms with Gasteiger partial charge in [0.05, 0.1) is 5.75 Å². The Balaban J connectivity index is 1.23. The number of fused-ring (bicyclic) bond motifs is 1. The minimum absolute atomic E-state index is 0.168. The molecule has 0 spiro atoms. The molecule has 0 saturated carbocycles.